The number of fused-ring (bicyclic) bond motifs is 1. The second kappa shape index (κ2) is 10.7. The van der Waals surface area contributed by atoms with Crippen molar-refractivity contribution in [3.8, 4) is 0 Å². The van der Waals surface area contributed by atoms with E-state index >= 15 is 0 Å². The number of unbranched alkanes of at least 4 members (excludes halogenated alkanes) is 1. The van der Waals surface area contributed by atoms with Crippen LogP contribution in [0.15, 0.2) is 35.7 Å². The molecule has 0 aliphatic heterocycles. The van der Waals surface area contributed by atoms with E-state index in [2.05, 4.69) is 48.2 Å². The predicted octanol–water partition coefficient (Wildman–Crippen LogP) is 5.33. The third-order valence-electron chi connectivity index (χ3n) is 5.71. The maximum Gasteiger partial charge on any atom is 0.251 e. The molecule has 0 aliphatic rings. The number of carbonyl (C=O) groups is 1. The quantitative estimate of drug-likeness (QED) is 0.435. The van der Waals surface area contributed by atoms with Crippen molar-refractivity contribution in [2.45, 2.75) is 71.4 Å². The number of carbonyl (C=O) groups excluding carboxylic acids is 1. The van der Waals surface area contributed by atoms with Crippen LogP contribution in [-0.4, -0.2) is 33.2 Å². The van der Waals surface area contributed by atoms with E-state index in [0.29, 0.717) is 11.6 Å². The molecule has 1 amide bonds. The number of aliphatic hydroxyl groups excluding tert-OH is 1. The normalized spacial score (nSPS) is 12.6. The summed E-state index contributed by atoms with van der Waals surface area (Å²) in [6, 6.07) is 10.2. The minimum absolute atomic E-state index is 0.0394. The summed E-state index contributed by atoms with van der Waals surface area (Å²) in [4.78, 5) is 19.0. The van der Waals surface area contributed by atoms with Gasteiger partial charge in [-0.05, 0) is 48.9 Å². The molecule has 2 aromatic heterocycles. The molecule has 6 heteroatoms. The van der Waals surface area contributed by atoms with Gasteiger partial charge in [-0.1, -0.05) is 39.7 Å². The Bertz CT molecular complexity index is 945. The van der Waals surface area contributed by atoms with Crippen molar-refractivity contribution in [3.05, 3.63) is 52.0 Å². The molecule has 5 nitrogen and oxygen atoms in total. The molecule has 0 saturated heterocycles. The van der Waals surface area contributed by atoms with E-state index in [4.69, 9.17) is 4.98 Å². The van der Waals surface area contributed by atoms with Gasteiger partial charge in [0.05, 0.1) is 23.7 Å². The Kier molecular flexibility index (Phi) is 8.05. The van der Waals surface area contributed by atoms with Crippen LogP contribution in [0.4, 0.5) is 0 Å². The van der Waals surface area contributed by atoms with Crippen LogP contribution in [0.25, 0.3) is 11.0 Å². The van der Waals surface area contributed by atoms with Crippen molar-refractivity contribution >= 4 is 28.3 Å². The van der Waals surface area contributed by atoms with Gasteiger partial charge in [-0.2, -0.15) is 0 Å². The van der Waals surface area contributed by atoms with E-state index in [1.54, 1.807) is 11.3 Å². The number of nitrogens with zero attached hydrogens (tertiary/aromatic N) is 2. The Balaban J connectivity index is 1.92. The number of amides is 1. The van der Waals surface area contributed by atoms with Gasteiger partial charge in [0.25, 0.3) is 5.91 Å². The fourth-order valence-corrected chi connectivity index (χ4v) is 4.67. The van der Waals surface area contributed by atoms with Gasteiger partial charge < -0.3 is 15.0 Å². The summed E-state index contributed by atoms with van der Waals surface area (Å²) in [5, 5.41) is 14.6. The zero-order valence-electron chi connectivity index (χ0n) is 18.2. The lowest BCUT2D eigenvalue weighted by molar-refractivity contribution is 0.0912. The standard InChI is InChI=1S/C24H33N3O2S/c1-4-7-9-18(16-28)25-24(29)17-11-12-22-21(14-17)26-23(15-20-10-8-13-30-20)27(22)19(5-2)6-3/h8,10-14,18-19,28H,4-7,9,15-16H2,1-3H3,(H,25,29). The van der Waals surface area contributed by atoms with Gasteiger partial charge >= 0.3 is 0 Å². The predicted molar refractivity (Wildman–Crippen MR) is 124 cm³/mol. The topological polar surface area (TPSA) is 67.2 Å². The van der Waals surface area contributed by atoms with Gasteiger partial charge in [-0.3, -0.25) is 4.79 Å². The molecule has 0 saturated carbocycles. The first-order chi connectivity index (χ1) is 14.6. The summed E-state index contributed by atoms with van der Waals surface area (Å²) >= 11 is 1.75. The van der Waals surface area contributed by atoms with Crippen LogP contribution in [0.3, 0.4) is 0 Å². The lowest BCUT2D eigenvalue weighted by Gasteiger charge is -2.19. The second-order valence-electron chi connectivity index (χ2n) is 7.82. The highest BCUT2D eigenvalue weighted by Gasteiger charge is 2.19. The minimum Gasteiger partial charge on any atom is -0.394 e. The van der Waals surface area contributed by atoms with Gasteiger partial charge in [0.15, 0.2) is 0 Å². The highest BCUT2D eigenvalue weighted by Crippen LogP contribution is 2.28. The molecule has 0 radical (unpaired) electrons. The van der Waals surface area contributed by atoms with Crippen LogP contribution in [-0.2, 0) is 6.42 Å². The Morgan fingerprint density at radius 1 is 1.23 bits per heavy atom. The molecular weight excluding hydrogens is 394 g/mol. The highest BCUT2D eigenvalue weighted by atomic mass is 32.1. The molecule has 0 fully saturated rings. The van der Waals surface area contributed by atoms with Gasteiger partial charge in [-0.25, -0.2) is 4.98 Å². The fraction of sp³-hybridized carbons (Fsp3) is 0.500. The number of nitrogens with one attached hydrogen (secondary N) is 1. The van der Waals surface area contributed by atoms with Crippen molar-refractivity contribution < 1.29 is 9.90 Å². The first-order valence-electron chi connectivity index (χ1n) is 11.1. The molecule has 0 bridgehead atoms. The number of aliphatic hydroxyl groups is 1. The van der Waals surface area contributed by atoms with Gasteiger partial charge in [-0.15, -0.1) is 11.3 Å². The van der Waals surface area contributed by atoms with E-state index in [9.17, 15) is 9.90 Å². The van der Waals surface area contributed by atoms with Crippen LogP contribution in [0.5, 0.6) is 0 Å². The van der Waals surface area contributed by atoms with E-state index in [1.165, 1.54) is 4.88 Å². The molecule has 2 heterocycles. The number of thiophene rings is 1. The minimum atomic E-state index is -0.204. The van der Waals surface area contributed by atoms with Crippen molar-refractivity contribution in [1.82, 2.24) is 14.9 Å². The third-order valence-corrected chi connectivity index (χ3v) is 6.58. The average molecular weight is 428 g/mol. The van der Waals surface area contributed by atoms with E-state index < -0.39 is 0 Å². The Morgan fingerprint density at radius 3 is 2.67 bits per heavy atom. The molecule has 0 spiro atoms. The second-order valence-corrected chi connectivity index (χ2v) is 8.86. The number of imidazole rings is 1. The van der Waals surface area contributed by atoms with E-state index in [1.807, 2.05) is 18.2 Å². The fourth-order valence-electron chi connectivity index (χ4n) is 3.97. The van der Waals surface area contributed by atoms with Crippen molar-refractivity contribution in [1.29, 1.82) is 0 Å². The zero-order chi connectivity index (χ0) is 21.5. The van der Waals surface area contributed by atoms with Gasteiger partial charge in [0.1, 0.15) is 5.82 Å². The van der Waals surface area contributed by atoms with Gasteiger partial charge in [0, 0.05) is 22.9 Å². The third kappa shape index (κ3) is 5.10. The summed E-state index contributed by atoms with van der Waals surface area (Å²) in [6.07, 6.45) is 5.69. The molecule has 3 aromatic rings. The van der Waals surface area contributed by atoms with Crippen LogP contribution < -0.4 is 5.32 Å². The number of benzene rings is 1. The monoisotopic (exact) mass is 427 g/mol. The SMILES string of the molecule is CCCCC(CO)NC(=O)c1ccc2c(c1)nc(Cc1cccs1)n2C(CC)CC. The van der Waals surface area contributed by atoms with E-state index in [0.717, 1.165) is 55.4 Å². The summed E-state index contributed by atoms with van der Waals surface area (Å²) in [6.45, 7) is 6.49. The smallest absolute Gasteiger partial charge is 0.251 e. The van der Waals surface area contributed by atoms with Crippen molar-refractivity contribution in [2.75, 3.05) is 6.61 Å². The maximum absolute atomic E-state index is 12.8. The molecule has 0 aliphatic carbocycles. The van der Waals surface area contributed by atoms with Crippen LogP contribution >= 0.6 is 11.3 Å². The zero-order valence-corrected chi connectivity index (χ0v) is 19.0. The molecule has 1 atom stereocenters. The first-order valence-corrected chi connectivity index (χ1v) is 11.9. The number of hydrogen-bond donors (Lipinski definition) is 2. The largest absolute Gasteiger partial charge is 0.394 e. The lowest BCUT2D eigenvalue weighted by atomic mass is 10.1. The van der Waals surface area contributed by atoms with Crippen molar-refractivity contribution in [2.24, 2.45) is 0 Å². The molecule has 1 aromatic carbocycles. The lowest BCUT2D eigenvalue weighted by Crippen LogP contribution is -2.37. The van der Waals surface area contributed by atoms with Crippen LogP contribution in [0, 0.1) is 0 Å². The number of hydrogen-bond acceptors (Lipinski definition) is 4. The molecular formula is C24H33N3O2S. The number of rotatable bonds is 11. The first kappa shape index (κ1) is 22.5. The highest BCUT2D eigenvalue weighted by molar-refractivity contribution is 7.09. The van der Waals surface area contributed by atoms with E-state index in [-0.39, 0.29) is 18.6 Å². The summed E-state index contributed by atoms with van der Waals surface area (Å²) in [5.74, 6) is 0.902. The Morgan fingerprint density at radius 2 is 2.03 bits per heavy atom. The average Bonchev–Trinajstić information content (AvgIpc) is 3.39. The molecule has 162 valence electrons. The van der Waals surface area contributed by atoms with Crippen LogP contribution in [0.1, 0.15) is 80.0 Å². The molecule has 1 unspecified atom stereocenters. The summed E-state index contributed by atoms with van der Waals surface area (Å²) in [5.41, 5.74) is 2.53. The van der Waals surface area contributed by atoms with Crippen molar-refractivity contribution in [3.63, 3.8) is 0 Å². The van der Waals surface area contributed by atoms with Gasteiger partial charge in [0.2, 0.25) is 0 Å². The molecule has 30 heavy (non-hydrogen) atoms. The maximum atomic E-state index is 12.8. The summed E-state index contributed by atoms with van der Waals surface area (Å²) < 4.78 is 2.36. The Hall–Kier alpha value is -2.18. The number of aromatic nitrogens is 2. The van der Waals surface area contributed by atoms with Crippen LogP contribution in [0.2, 0.25) is 0 Å². The molecule has 2 N–H and O–H groups in total. The molecule has 3 rings (SSSR count). The Labute approximate surface area is 183 Å². The summed E-state index contributed by atoms with van der Waals surface area (Å²) in [7, 11) is 0.